The van der Waals surface area contributed by atoms with Crippen LogP contribution in [0.5, 0.6) is 5.75 Å². The highest BCUT2D eigenvalue weighted by atomic mass is 35.5. The maximum absolute atomic E-state index is 12.1. The molecule has 5 nitrogen and oxygen atoms in total. The van der Waals surface area contributed by atoms with Gasteiger partial charge in [0.1, 0.15) is 5.75 Å². The van der Waals surface area contributed by atoms with E-state index in [2.05, 4.69) is 20.3 Å². The Bertz CT molecular complexity index is 671. The van der Waals surface area contributed by atoms with E-state index >= 15 is 0 Å². The molecule has 1 N–H and O–H groups in total. The van der Waals surface area contributed by atoms with Crippen LogP contribution in [0.3, 0.4) is 0 Å². The second kappa shape index (κ2) is 6.64. The minimum atomic E-state index is -2.95. The first kappa shape index (κ1) is 15.4. The molecule has 0 saturated carbocycles. The number of rotatable bonds is 4. The Morgan fingerprint density at radius 3 is 2.71 bits per heavy atom. The van der Waals surface area contributed by atoms with Gasteiger partial charge < -0.3 is 10.1 Å². The first-order valence-corrected chi connectivity index (χ1v) is 6.26. The van der Waals surface area contributed by atoms with Crippen molar-refractivity contribution in [2.75, 3.05) is 5.32 Å². The van der Waals surface area contributed by atoms with Crippen LogP contribution in [-0.4, -0.2) is 22.7 Å². The molecule has 0 saturated heterocycles. The van der Waals surface area contributed by atoms with Crippen molar-refractivity contribution in [1.29, 1.82) is 0 Å². The van der Waals surface area contributed by atoms with Gasteiger partial charge in [-0.25, -0.2) is 0 Å². The van der Waals surface area contributed by atoms with Gasteiger partial charge in [0, 0.05) is 11.8 Å². The molecule has 0 bridgehead atoms. The third kappa shape index (κ3) is 4.24. The van der Waals surface area contributed by atoms with E-state index in [1.165, 1.54) is 30.3 Å². The number of alkyl halides is 2. The fourth-order valence-corrected chi connectivity index (χ4v) is 1.79. The lowest BCUT2D eigenvalue weighted by Gasteiger charge is -2.09. The number of carbonyl (C=O) groups is 1. The van der Waals surface area contributed by atoms with E-state index in [4.69, 9.17) is 23.2 Å². The maximum atomic E-state index is 12.1. The highest BCUT2D eigenvalue weighted by Gasteiger charge is 2.14. The predicted molar refractivity (Wildman–Crippen MR) is 73.1 cm³/mol. The number of nitrogens with one attached hydrogen (secondary N) is 1. The molecule has 21 heavy (non-hydrogen) atoms. The van der Waals surface area contributed by atoms with Crippen molar-refractivity contribution >= 4 is 34.8 Å². The van der Waals surface area contributed by atoms with Crippen molar-refractivity contribution in [3.63, 3.8) is 0 Å². The molecule has 0 aliphatic heterocycles. The lowest BCUT2D eigenvalue weighted by atomic mass is 10.2. The Kier molecular flexibility index (Phi) is 4.87. The summed E-state index contributed by atoms with van der Waals surface area (Å²) in [6.07, 6.45) is 0. The number of hydrogen-bond acceptors (Lipinski definition) is 4. The van der Waals surface area contributed by atoms with Gasteiger partial charge in [-0.15, -0.1) is 10.2 Å². The molecule has 0 atom stereocenters. The number of benzene rings is 1. The van der Waals surface area contributed by atoms with Crippen LogP contribution >= 0.6 is 23.2 Å². The minimum absolute atomic E-state index is 0.000616. The van der Waals surface area contributed by atoms with Crippen LogP contribution in [0.2, 0.25) is 10.3 Å². The highest BCUT2D eigenvalue weighted by molar-refractivity contribution is 6.34. The smallest absolute Gasteiger partial charge is 0.387 e. The first-order valence-electron chi connectivity index (χ1n) is 5.50. The van der Waals surface area contributed by atoms with Gasteiger partial charge in [0.15, 0.2) is 10.3 Å². The molecule has 2 rings (SSSR count). The molecule has 1 amide bonds. The molecule has 110 valence electrons. The Balaban J connectivity index is 2.17. The van der Waals surface area contributed by atoms with Crippen LogP contribution in [0.1, 0.15) is 10.4 Å². The summed E-state index contributed by atoms with van der Waals surface area (Å²) in [7, 11) is 0. The summed E-state index contributed by atoms with van der Waals surface area (Å²) in [5.74, 6) is -0.689. The molecule has 1 aromatic heterocycles. The van der Waals surface area contributed by atoms with Gasteiger partial charge in [0.05, 0.1) is 5.56 Å². The number of ether oxygens (including phenoxy) is 1. The van der Waals surface area contributed by atoms with Crippen molar-refractivity contribution in [2.45, 2.75) is 6.61 Å². The number of anilines is 1. The normalized spacial score (nSPS) is 10.5. The van der Waals surface area contributed by atoms with E-state index in [-0.39, 0.29) is 27.3 Å². The molecule has 0 fully saturated rings. The zero-order valence-electron chi connectivity index (χ0n) is 10.2. The van der Waals surface area contributed by atoms with Crippen molar-refractivity contribution in [3.05, 3.63) is 46.2 Å². The maximum Gasteiger partial charge on any atom is 0.387 e. The second-order valence-corrected chi connectivity index (χ2v) is 4.48. The van der Waals surface area contributed by atoms with Crippen molar-refractivity contribution < 1.29 is 18.3 Å². The summed E-state index contributed by atoms with van der Waals surface area (Å²) in [4.78, 5) is 12.0. The van der Waals surface area contributed by atoms with Gasteiger partial charge in [0.2, 0.25) is 0 Å². The topological polar surface area (TPSA) is 64.1 Å². The van der Waals surface area contributed by atoms with Gasteiger partial charge >= 0.3 is 6.61 Å². The quantitative estimate of drug-likeness (QED) is 0.927. The van der Waals surface area contributed by atoms with Gasteiger partial charge in [0.25, 0.3) is 5.91 Å². The molecule has 0 spiro atoms. The molecule has 0 radical (unpaired) electrons. The number of carbonyl (C=O) groups excluding carboxylic acids is 1. The number of halogens is 4. The average Bonchev–Trinajstić information content (AvgIpc) is 2.41. The van der Waals surface area contributed by atoms with E-state index in [9.17, 15) is 13.6 Å². The summed E-state index contributed by atoms with van der Waals surface area (Å²) >= 11 is 11.4. The highest BCUT2D eigenvalue weighted by Crippen LogP contribution is 2.21. The van der Waals surface area contributed by atoms with E-state index in [0.29, 0.717) is 0 Å². The summed E-state index contributed by atoms with van der Waals surface area (Å²) in [6.45, 7) is -2.95. The summed E-state index contributed by atoms with van der Waals surface area (Å²) in [5, 5.41) is 9.31. The third-order valence-electron chi connectivity index (χ3n) is 2.28. The number of nitrogens with zero attached hydrogens (tertiary/aromatic N) is 2. The van der Waals surface area contributed by atoms with E-state index in [0.717, 1.165) is 0 Å². The van der Waals surface area contributed by atoms with Crippen LogP contribution in [0.4, 0.5) is 14.5 Å². The zero-order valence-corrected chi connectivity index (χ0v) is 11.7. The molecule has 2 aromatic rings. The summed E-state index contributed by atoms with van der Waals surface area (Å²) < 4.78 is 28.5. The SMILES string of the molecule is O=C(Nc1cccc(OC(F)F)c1)c1cc(Cl)nnc1Cl. The van der Waals surface area contributed by atoms with Gasteiger partial charge in [-0.05, 0) is 18.2 Å². The van der Waals surface area contributed by atoms with Crippen LogP contribution in [-0.2, 0) is 0 Å². The molecular weight excluding hydrogens is 327 g/mol. The zero-order chi connectivity index (χ0) is 15.4. The number of hydrogen-bond donors (Lipinski definition) is 1. The molecule has 0 aliphatic carbocycles. The predicted octanol–water partition coefficient (Wildman–Crippen LogP) is 3.64. The van der Waals surface area contributed by atoms with Crippen LogP contribution in [0.15, 0.2) is 30.3 Å². The summed E-state index contributed by atoms with van der Waals surface area (Å²) in [6, 6.07) is 6.77. The fourth-order valence-electron chi connectivity index (χ4n) is 1.46. The Morgan fingerprint density at radius 2 is 2.00 bits per heavy atom. The van der Waals surface area contributed by atoms with Gasteiger partial charge in [-0.1, -0.05) is 29.3 Å². The Hall–Kier alpha value is -1.99. The van der Waals surface area contributed by atoms with Crippen molar-refractivity contribution in [2.24, 2.45) is 0 Å². The van der Waals surface area contributed by atoms with E-state index < -0.39 is 12.5 Å². The van der Waals surface area contributed by atoms with Crippen LogP contribution < -0.4 is 10.1 Å². The molecule has 0 aliphatic rings. The van der Waals surface area contributed by atoms with Gasteiger partial charge in [-0.2, -0.15) is 8.78 Å². The second-order valence-electron chi connectivity index (χ2n) is 3.73. The molecule has 9 heteroatoms. The number of amides is 1. The van der Waals surface area contributed by atoms with Crippen molar-refractivity contribution in [1.82, 2.24) is 10.2 Å². The lowest BCUT2D eigenvalue weighted by molar-refractivity contribution is -0.0497. The monoisotopic (exact) mass is 333 g/mol. The van der Waals surface area contributed by atoms with Crippen LogP contribution in [0.25, 0.3) is 0 Å². The third-order valence-corrected chi connectivity index (χ3v) is 2.74. The average molecular weight is 334 g/mol. The van der Waals surface area contributed by atoms with Crippen molar-refractivity contribution in [3.8, 4) is 5.75 Å². The lowest BCUT2D eigenvalue weighted by Crippen LogP contribution is -2.13. The fraction of sp³-hybridized carbons (Fsp3) is 0.0833. The minimum Gasteiger partial charge on any atom is -0.435 e. The molecule has 1 heterocycles. The van der Waals surface area contributed by atoms with Gasteiger partial charge in [-0.3, -0.25) is 4.79 Å². The van der Waals surface area contributed by atoms with E-state index in [1.54, 1.807) is 0 Å². The Morgan fingerprint density at radius 1 is 1.24 bits per heavy atom. The number of aromatic nitrogens is 2. The first-order chi connectivity index (χ1) is 9.95. The largest absolute Gasteiger partial charge is 0.435 e. The molecule has 1 aromatic carbocycles. The molecule has 0 unspecified atom stereocenters. The molecular formula is C12H7Cl2F2N3O2. The summed E-state index contributed by atoms with van der Waals surface area (Å²) in [5.41, 5.74) is 0.263. The van der Waals surface area contributed by atoms with E-state index in [1.807, 2.05) is 0 Å². The Labute approximate surface area is 127 Å². The van der Waals surface area contributed by atoms with Crippen LogP contribution in [0, 0.1) is 0 Å². The standard InChI is InChI=1S/C12H7Cl2F2N3O2/c13-9-5-8(10(14)19-18-9)11(20)17-6-2-1-3-7(4-6)21-12(15)16/h1-5,12H,(H,17,20).